The first-order chi connectivity index (χ1) is 22.9. The Hall–Kier alpha value is -5.33. The molecule has 4 nitrogen and oxygen atoms in total. The van der Waals surface area contributed by atoms with E-state index in [2.05, 4.69) is 71.8 Å². The molecule has 0 N–H and O–H groups in total. The number of benzene rings is 5. The first-order valence-electron chi connectivity index (χ1n) is 15.9. The van der Waals surface area contributed by atoms with Crippen LogP contribution in [0.2, 0.25) is 0 Å². The van der Waals surface area contributed by atoms with Crippen molar-refractivity contribution in [1.29, 1.82) is 0 Å². The SMILES string of the molecule is Cn1c(-c2cccc(C(F)c3ccc4c(c3)N(c3ccccn3)c3cc5sc6ccccc6c5cc3C4(C)C)c2)nc2ccccc21. The van der Waals surface area contributed by atoms with Crippen molar-refractivity contribution in [2.75, 3.05) is 4.90 Å². The van der Waals surface area contributed by atoms with Crippen LogP contribution in [0.15, 0.2) is 128 Å². The fourth-order valence-corrected chi connectivity index (χ4v) is 8.43. The monoisotopic (exact) mass is 630 g/mol. The summed E-state index contributed by atoms with van der Waals surface area (Å²) in [5.41, 5.74) is 8.14. The molecule has 0 amide bonds. The van der Waals surface area contributed by atoms with E-state index in [9.17, 15) is 0 Å². The average Bonchev–Trinajstić information content (AvgIpc) is 3.64. The van der Waals surface area contributed by atoms with Gasteiger partial charge in [0.05, 0.1) is 22.4 Å². The number of hydrogen-bond donors (Lipinski definition) is 0. The van der Waals surface area contributed by atoms with Crippen molar-refractivity contribution in [3.63, 3.8) is 0 Å². The molecule has 1 aliphatic heterocycles. The number of alkyl halides is 1. The van der Waals surface area contributed by atoms with Crippen LogP contribution in [0.1, 0.15) is 42.3 Å². The van der Waals surface area contributed by atoms with Gasteiger partial charge >= 0.3 is 0 Å². The maximum atomic E-state index is 16.7. The van der Waals surface area contributed by atoms with Gasteiger partial charge in [0.1, 0.15) is 11.6 Å². The Morgan fingerprint density at radius 3 is 2.34 bits per heavy atom. The summed E-state index contributed by atoms with van der Waals surface area (Å²) in [6.07, 6.45) is 0.496. The molecule has 0 bridgehead atoms. The van der Waals surface area contributed by atoms with Crippen molar-refractivity contribution in [3.05, 3.63) is 150 Å². The first kappa shape index (κ1) is 27.9. The molecule has 47 heavy (non-hydrogen) atoms. The summed E-state index contributed by atoms with van der Waals surface area (Å²) in [5.74, 6) is 1.63. The molecule has 8 aromatic rings. The number of fused-ring (bicyclic) bond motifs is 6. The van der Waals surface area contributed by atoms with Crippen molar-refractivity contribution in [1.82, 2.24) is 14.5 Å². The third-order valence-corrected chi connectivity index (χ3v) is 10.9. The lowest BCUT2D eigenvalue weighted by Crippen LogP contribution is -2.31. The second-order valence-corrected chi connectivity index (χ2v) is 13.9. The van der Waals surface area contributed by atoms with E-state index in [1.807, 2.05) is 86.0 Å². The number of thiophene rings is 1. The minimum atomic E-state index is -1.32. The van der Waals surface area contributed by atoms with Gasteiger partial charge in [0.15, 0.2) is 6.17 Å². The standard InChI is InChI=1S/C41H31FN4S/c1-41(2)30-19-18-26(39(42)25-11-10-12-27(21-25)40-44-32-14-5-6-15-33(32)45(40)3)22-34(30)46(38-17-8-9-20-43-38)35-24-37-29(23-31(35)41)28-13-4-7-16-36(28)47-37/h4-24,39H,1-3H3. The predicted octanol–water partition coefficient (Wildman–Crippen LogP) is 11.2. The van der Waals surface area contributed by atoms with Crippen LogP contribution in [-0.4, -0.2) is 14.5 Å². The first-order valence-corrected chi connectivity index (χ1v) is 16.7. The Balaban J connectivity index is 1.19. The number of pyridine rings is 1. The quantitative estimate of drug-likeness (QED) is 0.194. The molecule has 9 rings (SSSR count). The molecule has 1 unspecified atom stereocenters. The summed E-state index contributed by atoms with van der Waals surface area (Å²) in [6.45, 7) is 4.54. The largest absolute Gasteiger partial charge is 0.327 e. The fourth-order valence-electron chi connectivity index (χ4n) is 7.31. The normalized spacial score (nSPS) is 14.4. The summed E-state index contributed by atoms with van der Waals surface area (Å²) in [4.78, 5) is 11.9. The van der Waals surface area contributed by atoms with Crippen LogP contribution in [0.25, 0.3) is 42.6 Å². The van der Waals surface area contributed by atoms with Gasteiger partial charge in [0.25, 0.3) is 0 Å². The second-order valence-electron chi connectivity index (χ2n) is 12.9. The molecule has 0 spiro atoms. The number of para-hydroxylation sites is 2. The number of rotatable bonds is 4. The number of imidazole rings is 1. The van der Waals surface area contributed by atoms with Gasteiger partial charge in [-0.1, -0.05) is 80.6 Å². The predicted molar refractivity (Wildman–Crippen MR) is 193 cm³/mol. The van der Waals surface area contributed by atoms with Gasteiger partial charge in [-0.3, -0.25) is 4.90 Å². The van der Waals surface area contributed by atoms with E-state index in [-0.39, 0.29) is 5.41 Å². The average molecular weight is 631 g/mol. The lowest BCUT2D eigenvalue weighted by atomic mass is 9.73. The second kappa shape index (κ2) is 10.3. The zero-order chi connectivity index (χ0) is 31.9. The number of nitrogens with zero attached hydrogens (tertiary/aromatic N) is 4. The summed E-state index contributed by atoms with van der Waals surface area (Å²) < 4.78 is 21.3. The van der Waals surface area contributed by atoms with Crippen molar-refractivity contribution in [2.45, 2.75) is 25.4 Å². The molecule has 6 heteroatoms. The van der Waals surface area contributed by atoms with Crippen LogP contribution >= 0.6 is 11.3 Å². The highest BCUT2D eigenvalue weighted by atomic mass is 32.1. The van der Waals surface area contributed by atoms with E-state index in [0.717, 1.165) is 45.2 Å². The van der Waals surface area contributed by atoms with Gasteiger partial charge in [0, 0.05) is 44.4 Å². The highest BCUT2D eigenvalue weighted by molar-refractivity contribution is 7.25. The molecular formula is C41H31FN4S. The van der Waals surface area contributed by atoms with E-state index in [0.29, 0.717) is 11.1 Å². The number of anilines is 3. The van der Waals surface area contributed by atoms with Crippen LogP contribution < -0.4 is 4.90 Å². The number of aryl methyl sites for hydroxylation is 1. The van der Waals surface area contributed by atoms with Crippen LogP contribution in [-0.2, 0) is 12.5 Å². The van der Waals surface area contributed by atoms with Crippen LogP contribution in [0.3, 0.4) is 0 Å². The van der Waals surface area contributed by atoms with Gasteiger partial charge < -0.3 is 4.57 Å². The molecule has 3 aromatic heterocycles. The number of aromatic nitrogens is 3. The maximum absolute atomic E-state index is 16.7. The van der Waals surface area contributed by atoms with Gasteiger partial charge in [-0.15, -0.1) is 11.3 Å². The summed E-state index contributed by atoms with van der Waals surface area (Å²) >= 11 is 1.81. The summed E-state index contributed by atoms with van der Waals surface area (Å²) in [6, 6.07) is 41.1. The highest BCUT2D eigenvalue weighted by Gasteiger charge is 2.38. The Morgan fingerprint density at radius 1 is 0.702 bits per heavy atom. The Bertz CT molecular complexity index is 2490. The van der Waals surface area contributed by atoms with Crippen molar-refractivity contribution < 1.29 is 4.39 Å². The van der Waals surface area contributed by atoms with Gasteiger partial charge in [-0.25, -0.2) is 14.4 Å². The van der Waals surface area contributed by atoms with Gasteiger partial charge in [-0.2, -0.15) is 0 Å². The minimum Gasteiger partial charge on any atom is -0.327 e. The minimum absolute atomic E-state index is 0.322. The molecule has 0 radical (unpaired) electrons. The molecule has 5 aromatic carbocycles. The molecule has 0 saturated carbocycles. The zero-order valence-electron chi connectivity index (χ0n) is 26.3. The molecular weight excluding hydrogens is 600 g/mol. The summed E-state index contributed by atoms with van der Waals surface area (Å²) in [7, 11) is 2.01. The van der Waals surface area contributed by atoms with Gasteiger partial charge in [0.2, 0.25) is 0 Å². The lowest BCUT2D eigenvalue weighted by Gasteiger charge is -2.42. The van der Waals surface area contributed by atoms with E-state index >= 15 is 4.39 Å². The smallest absolute Gasteiger partial charge is 0.150 e. The third kappa shape index (κ3) is 4.25. The maximum Gasteiger partial charge on any atom is 0.150 e. The van der Waals surface area contributed by atoms with E-state index in [4.69, 9.17) is 9.97 Å². The lowest BCUT2D eigenvalue weighted by molar-refractivity contribution is 0.402. The number of halogens is 1. The fraction of sp³-hybridized carbons (Fsp3) is 0.122. The van der Waals surface area contributed by atoms with Crippen molar-refractivity contribution >= 4 is 59.7 Å². The highest BCUT2D eigenvalue weighted by Crippen LogP contribution is 2.54. The van der Waals surface area contributed by atoms with E-state index < -0.39 is 6.17 Å². The summed E-state index contributed by atoms with van der Waals surface area (Å²) in [5, 5.41) is 2.54. The van der Waals surface area contributed by atoms with Gasteiger partial charge in [-0.05, 0) is 76.9 Å². The molecule has 228 valence electrons. The molecule has 4 heterocycles. The van der Waals surface area contributed by atoms with Crippen LogP contribution in [0, 0.1) is 0 Å². The Labute approximate surface area is 276 Å². The Morgan fingerprint density at radius 2 is 1.49 bits per heavy atom. The third-order valence-electron chi connectivity index (χ3n) is 9.74. The topological polar surface area (TPSA) is 34.0 Å². The molecule has 1 aliphatic rings. The Kier molecular flexibility index (Phi) is 6.15. The zero-order valence-corrected chi connectivity index (χ0v) is 27.1. The van der Waals surface area contributed by atoms with Crippen LogP contribution in [0.4, 0.5) is 21.6 Å². The van der Waals surface area contributed by atoms with Crippen LogP contribution in [0.5, 0.6) is 0 Å². The van der Waals surface area contributed by atoms with E-state index in [1.54, 1.807) is 11.3 Å². The van der Waals surface area contributed by atoms with Crippen molar-refractivity contribution in [3.8, 4) is 11.4 Å². The molecule has 1 atom stereocenters. The number of hydrogen-bond acceptors (Lipinski definition) is 4. The molecule has 0 aliphatic carbocycles. The van der Waals surface area contributed by atoms with Crippen molar-refractivity contribution in [2.24, 2.45) is 7.05 Å². The molecule has 0 saturated heterocycles. The molecule has 0 fully saturated rings. The van der Waals surface area contributed by atoms with E-state index in [1.165, 1.54) is 25.7 Å².